The number of Topliss-reactive ketones (excluding diaryl/α,β-unsaturated/α-hetero) is 2. The van der Waals surface area contributed by atoms with Crippen LogP contribution in [0, 0.1) is 23.7 Å². The quantitative estimate of drug-likeness (QED) is 0.748. The van der Waals surface area contributed by atoms with Crippen LogP contribution in [0.4, 0.5) is 0 Å². The molecule has 2 aromatic carbocycles. The van der Waals surface area contributed by atoms with E-state index in [1.54, 1.807) is 0 Å². The molecule has 3 aliphatic carbocycles. The van der Waals surface area contributed by atoms with Crippen LogP contribution in [0.5, 0.6) is 0 Å². The third kappa shape index (κ3) is 1.95. The molecular formula is C22H20O2. The topological polar surface area (TPSA) is 34.1 Å². The molecule has 2 heteroatoms. The van der Waals surface area contributed by atoms with Crippen molar-refractivity contribution in [1.29, 1.82) is 0 Å². The lowest BCUT2D eigenvalue weighted by Gasteiger charge is -2.44. The number of ketones is 2. The fourth-order valence-corrected chi connectivity index (χ4v) is 5.17. The third-order valence-electron chi connectivity index (χ3n) is 6.43. The minimum atomic E-state index is -0.0982. The Morgan fingerprint density at radius 3 is 1.00 bits per heavy atom. The molecule has 0 bridgehead atoms. The summed E-state index contributed by atoms with van der Waals surface area (Å²) in [5, 5.41) is 0. The van der Waals surface area contributed by atoms with Crippen molar-refractivity contribution < 1.29 is 9.59 Å². The van der Waals surface area contributed by atoms with Gasteiger partial charge in [0.25, 0.3) is 0 Å². The summed E-state index contributed by atoms with van der Waals surface area (Å²) < 4.78 is 0. The van der Waals surface area contributed by atoms with Crippen molar-refractivity contribution in [2.75, 3.05) is 0 Å². The SMILES string of the molecule is O=C1[C@H]2Cc3ccccc3C[C@@H]2C(=O)[C@@H]2Cc3ccccc3C[C@@H]12. The second-order valence-corrected chi connectivity index (χ2v) is 7.58. The van der Waals surface area contributed by atoms with E-state index in [1.165, 1.54) is 22.3 Å². The van der Waals surface area contributed by atoms with Gasteiger partial charge in [0.05, 0.1) is 0 Å². The van der Waals surface area contributed by atoms with Gasteiger partial charge in [0.2, 0.25) is 0 Å². The normalized spacial score (nSPS) is 30.8. The average molecular weight is 316 g/mol. The third-order valence-corrected chi connectivity index (χ3v) is 6.43. The van der Waals surface area contributed by atoms with Crippen molar-refractivity contribution in [2.45, 2.75) is 25.7 Å². The molecule has 1 saturated carbocycles. The Labute approximate surface area is 141 Å². The molecule has 4 atom stereocenters. The number of rotatable bonds is 0. The fourth-order valence-electron chi connectivity index (χ4n) is 5.17. The van der Waals surface area contributed by atoms with Gasteiger partial charge < -0.3 is 0 Å². The Hall–Kier alpha value is -2.22. The van der Waals surface area contributed by atoms with Crippen LogP contribution in [0.25, 0.3) is 0 Å². The van der Waals surface area contributed by atoms with Crippen molar-refractivity contribution in [1.82, 2.24) is 0 Å². The number of carbonyl (C=O) groups excluding carboxylic acids is 2. The van der Waals surface area contributed by atoms with Crippen molar-refractivity contribution in [2.24, 2.45) is 23.7 Å². The van der Waals surface area contributed by atoms with Gasteiger partial charge in [0, 0.05) is 23.7 Å². The smallest absolute Gasteiger partial charge is 0.141 e. The van der Waals surface area contributed by atoms with E-state index >= 15 is 0 Å². The summed E-state index contributed by atoms with van der Waals surface area (Å²) in [6, 6.07) is 16.6. The zero-order valence-corrected chi connectivity index (χ0v) is 13.6. The second kappa shape index (κ2) is 5.14. The minimum absolute atomic E-state index is 0.0982. The van der Waals surface area contributed by atoms with Gasteiger partial charge in [0.1, 0.15) is 11.6 Å². The van der Waals surface area contributed by atoms with Crippen LogP contribution in [0.15, 0.2) is 48.5 Å². The predicted octanol–water partition coefficient (Wildman–Crippen LogP) is 3.20. The van der Waals surface area contributed by atoms with Crippen LogP contribution < -0.4 is 0 Å². The molecule has 5 rings (SSSR count). The highest BCUT2D eigenvalue weighted by Gasteiger charge is 2.51. The lowest BCUT2D eigenvalue weighted by atomic mass is 9.57. The van der Waals surface area contributed by atoms with Crippen molar-refractivity contribution in [3.8, 4) is 0 Å². The molecule has 0 radical (unpaired) electrons. The van der Waals surface area contributed by atoms with E-state index in [0.717, 1.165) is 25.7 Å². The van der Waals surface area contributed by atoms with E-state index in [-0.39, 0.29) is 23.7 Å². The maximum absolute atomic E-state index is 13.2. The monoisotopic (exact) mass is 316 g/mol. The molecule has 0 aromatic heterocycles. The molecular weight excluding hydrogens is 296 g/mol. The van der Waals surface area contributed by atoms with Crippen LogP contribution in [0.2, 0.25) is 0 Å². The van der Waals surface area contributed by atoms with Crippen molar-refractivity contribution in [3.05, 3.63) is 70.8 Å². The summed E-state index contributed by atoms with van der Waals surface area (Å²) in [5.41, 5.74) is 5.04. The van der Waals surface area contributed by atoms with Gasteiger partial charge in [-0.2, -0.15) is 0 Å². The molecule has 120 valence electrons. The molecule has 2 nitrogen and oxygen atoms in total. The Kier molecular flexibility index (Phi) is 3.03. The van der Waals surface area contributed by atoms with Crippen LogP contribution >= 0.6 is 0 Å². The first-order valence-corrected chi connectivity index (χ1v) is 8.93. The molecule has 1 fully saturated rings. The summed E-state index contributed by atoms with van der Waals surface area (Å²) in [7, 11) is 0. The number of benzene rings is 2. The van der Waals surface area contributed by atoms with Gasteiger partial charge in [-0.15, -0.1) is 0 Å². The lowest BCUT2D eigenvalue weighted by Crippen LogP contribution is -2.53. The van der Waals surface area contributed by atoms with Crippen LogP contribution in [0.1, 0.15) is 22.3 Å². The molecule has 0 aliphatic heterocycles. The zero-order valence-electron chi connectivity index (χ0n) is 13.6. The van der Waals surface area contributed by atoms with Gasteiger partial charge in [-0.3, -0.25) is 9.59 Å². The Morgan fingerprint density at radius 1 is 0.500 bits per heavy atom. The summed E-state index contributed by atoms with van der Waals surface area (Å²) in [6.45, 7) is 0. The number of carbonyl (C=O) groups is 2. The van der Waals surface area contributed by atoms with Crippen LogP contribution in [-0.4, -0.2) is 11.6 Å². The molecule has 0 unspecified atom stereocenters. The summed E-state index contributed by atoms with van der Waals surface area (Å²) in [6.07, 6.45) is 2.99. The highest BCUT2D eigenvalue weighted by atomic mass is 16.1. The Morgan fingerprint density at radius 2 is 0.750 bits per heavy atom. The van der Waals surface area contributed by atoms with E-state index < -0.39 is 0 Å². The van der Waals surface area contributed by atoms with Crippen LogP contribution in [-0.2, 0) is 35.3 Å². The van der Waals surface area contributed by atoms with E-state index in [4.69, 9.17) is 0 Å². The molecule has 0 N–H and O–H groups in total. The van der Waals surface area contributed by atoms with Gasteiger partial charge in [-0.1, -0.05) is 48.5 Å². The van der Waals surface area contributed by atoms with Gasteiger partial charge in [-0.25, -0.2) is 0 Å². The second-order valence-electron chi connectivity index (χ2n) is 7.58. The first kappa shape index (κ1) is 14.2. The van der Waals surface area contributed by atoms with E-state index in [9.17, 15) is 9.59 Å². The van der Waals surface area contributed by atoms with E-state index in [0.29, 0.717) is 11.6 Å². The maximum Gasteiger partial charge on any atom is 0.141 e. The molecule has 0 saturated heterocycles. The lowest BCUT2D eigenvalue weighted by molar-refractivity contribution is -0.148. The average Bonchev–Trinajstić information content (AvgIpc) is 2.64. The molecule has 3 aliphatic rings. The highest BCUT2D eigenvalue weighted by Crippen LogP contribution is 2.44. The van der Waals surface area contributed by atoms with Crippen molar-refractivity contribution >= 4 is 11.6 Å². The summed E-state index contributed by atoms with van der Waals surface area (Å²) >= 11 is 0. The van der Waals surface area contributed by atoms with Gasteiger partial charge in [-0.05, 0) is 47.9 Å². The molecule has 0 amide bonds. The number of hydrogen-bond acceptors (Lipinski definition) is 2. The number of fused-ring (bicyclic) bond motifs is 4. The standard InChI is InChI=1S/C22H20O2/c23-21-17-9-13-5-1-2-6-14(13)10-18(17)22(24)20-12-16-8-4-3-7-15(16)11-19(20)21/h1-8,17-20H,9-12H2/t17-,18-,19+,20+. The number of hydrogen-bond donors (Lipinski definition) is 0. The highest BCUT2D eigenvalue weighted by molar-refractivity contribution is 6.00. The molecule has 24 heavy (non-hydrogen) atoms. The van der Waals surface area contributed by atoms with Crippen molar-refractivity contribution in [3.63, 3.8) is 0 Å². The molecule has 0 heterocycles. The largest absolute Gasteiger partial charge is 0.299 e. The molecule has 2 aromatic rings. The van der Waals surface area contributed by atoms with Crippen LogP contribution in [0.3, 0.4) is 0 Å². The fraction of sp³-hybridized carbons (Fsp3) is 0.364. The van der Waals surface area contributed by atoms with Gasteiger partial charge in [0.15, 0.2) is 0 Å². The first-order valence-electron chi connectivity index (χ1n) is 8.93. The zero-order chi connectivity index (χ0) is 16.3. The van der Waals surface area contributed by atoms with E-state index in [1.807, 2.05) is 24.3 Å². The summed E-state index contributed by atoms with van der Waals surface area (Å²) in [4.78, 5) is 26.4. The Balaban J connectivity index is 1.54. The van der Waals surface area contributed by atoms with Gasteiger partial charge >= 0.3 is 0 Å². The molecule has 0 spiro atoms. The minimum Gasteiger partial charge on any atom is -0.299 e. The Bertz CT molecular complexity index is 713. The first-order chi connectivity index (χ1) is 11.7. The van der Waals surface area contributed by atoms with E-state index in [2.05, 4.69) is 24.3 Å². The maximum atomic E-state index is 13.2. The predicted molar refractivity (Wildman–Crippen MR) is 91.7 cm³/mol. The summed E-state index contributed by atoms with van der Waals surface area (Å²) in [5.74, 6) is 0.290.